The molecule has 1 atom stereocenters. The Labute approximate surface area is 90.5 Å². The Hall–Kier alpha value is -1.93. The fourth-order valence-electron chi connectivity index (χ4n) is 1.03. The molecule has 0 saturated heterocycles. The van der Waals surface area contributed by atoms with Crippen molar-refractivity contribution in [3.8, 4) is 0 Å². The fraction of sp³-hybridized carbons (Fsp3) is 0.857. The summed E-state index contributed by atoms with van der Waals surface area (Å²) in [4.78, 5) is 38.1. The smallest absolute Gasteiger partial charge is 0.294 e. The molecule has 0 aliphatic carbocycles. The first-order valence-corrected chi connectivity index (χ1v) is 4.58. The van der Waals surface area contributed by atoms with Gasteiger partial charge in [0.25, 0.3) is 10.2 Å². The van der Waals surface area contributed by atoms with Gasteiger partial charge in [-0.05, 0) is 12.8 Å². The molecule has 0 radical (unpaired) electrons. The number of carbonyl (C=O) groups is 1. The number of unbranched alkanes of at least 4 members (excludes halogenated alkanes) is 2. The zero-order valence-electron chi connectivity index (χ0n) is 8.44. The van der Waals surface area contributed by atoms with Gasteiger partial charge in [0.15, 0.2) is 0 Å². The molecule has 0 rings (SSSR count). The van der Waals surface area contributed by atoms with Crippen LogP contribution in [0.4, 0.5) is 0 Å². The molecular weight excluding hydrogens is 224 g/mol. The quantitative estimate of drug-likeness (QED) is 0.234. The molecular formula is C7H12N2O7. The zero-order valence-corrected chi connectivity index (χ0v) is 8.44. The van der Waals surface area contributed by atoms with Gasteiger partial charge in [-0.25, -0.2) is 0 Å². The van der Waals surface area contributed by atoms with Gasteiger partial charge < -0.3 is 14.5 Å². The van der Waals surface area contributed by atoms with E-state index in [-0.39, 0.29) is 6.42 Å². The van der Waals surface area contributed by atoms with Crippen LogP contribution < -0.4 is 0 Å². The van der Waals surface area contributed by atoms with E-state index in [4.69, 9.17) is 0 Å². The van der Waals surface area contributed by atoms with Gasteiger partial charge in [0.2, 0.25) is 0 Å². The van der Waals surface area contributed by atoms with Gasteiger partial charge in [0.05, 0.1) is 0 Å². The topological polar surface area (TPSA) is 122 Å². The Morgan fingerprint density at radius 1 is 1.19 bits per heavy atom. The SMILES string of the molecule is O=CCCCCC(CO[N+](=O)[O-])O[N+](=O)[O-]. The van der Waals surface area contributed by atoms with Gasteiger partial charge in [-0.1, -0.05) is 6.42 Å². The largest absolute Gasteiger partial charge is 0.312 e. The molecule has 9 heteroatoms. The van der Waals surface area contributed by atoms with Crippen LogP contribution in [0.1, 0.15) is 25.7 Å². The highest BCUT2D eigenvalue weighted by molar-refractivity contribution is 5.48. The summed E-state index contributed by atoms with van der Waals surface area (Å²) in [5.74, 6) is 0. The van der Waals surface area contributed by atoms with Gasteiger partial charge in [-0.2, -0.15) is 0 Å². The van der Waals surface area contributed by atoms with Crippen LogP contribution in [-0.4, -0.2) is 29.2 Å². The maximum atomic E-state index is 10.0. The molecule has 0 aromatic heterocycles. The number of rotatable bonds is 10. The third-order valence-electron chi connectivity index (χ3n) is 1.70. The Morgan fingerprint density at radius 2 is 1.88 bits per heavy atom. The summed E-state index contributed by atoms with van der Waals surface area (Å²) in [6.45, 7) is -0.491. The molecule has 16 heavy (non-hydrogen) atoms. The van der Waals surface area contributed by atoms with E-state index in [1.807, 2.05) is 0 Å². The van der Waals surface area contributed by atoms with Crippen LogP contribution in [-0.2, 0) is 14.5 Å². The first-order chi connectivity index (χ1) is 7.56. The number of carbonyl (C=O) groups excluding carboxylic acids is 1. The molecule has 0 heterocycles. The molecule has 0 fully saturated rings. The van der Waals surface area contributed by atoms with Gasteiger partial charge in [-0.15, -0.1) is 20.2 Å². The zero-order chi connectivity index (χ0) is 12.4. The lowest BCUT2D eigenvalue weighted by Crippen LogP contribution is -2.24. The van der Waals surface area contributed by atoms with Gasteiger partial charge in [0.1, 0.15) is 19.0 Å². The average molecular weight is 236 g/mol. The van der Waals surface area contributed by atoms with Crippen LogP contribution in [0, 0.1) is 20.2 Å². The third kappa shape index (κ3) is 8.66. The van der Waals surface area contributed by atoms with Crippen LogP contribution in [0.2, 0.25) is 0 Å². The first kappa shape index (κ1) is 14.1. The van der Waals surface area contributed by atoms with Gasteiger partial charge in [-0.3, -0.25) is 0 Å². The Morgan fingerprint density at radius 3 is 2.38 bits per heavy atom. The standard InChI is InChI=1S/C7H12N2O7/c10-5-3-1-2-4-7(16-9(13)14)6-15-8(11)12/h5,7H,1-4,6H2. The van der Waals surface area contributed by atoms with Crippen molar-refractivity contribution >= 4 is 6.29 Å². The molecule has 9 nitrogen and oxygen atoms in total. The van der Waals surface area contributed by atoms with Crippen LogP contribution in [0.15, 0.2) is 0 Å². The Bertz CT molecular complexity index is 245. The Balaban J connectivity index is 3.84. The lowest BCUT2D eigenvalue weighted by molar-refractivity contribution is -0.790. The molecule has 0 aliphatic rings. The highest BCUT2D eigenvalue weighted by Crippen LogP contribution is 2.07. The van der Waals surface area contributed by atoms with Crippen LogP contribution >= 0.6 is 0 Å². The summed E-state index contributed by atoms with van der Waals surface area (Å²) in [6.07, 6.45) is 1.38. The number of aldehydes is 1. The fourth-order valence-corrected chi connectivity index (χ4v) is 1.03. The van der Waals surface area contributed by atoms with E-state index in [1.165, 1.54) is 0 Å². The number of hydrogen-bond acceptors (Lipinski definition) is 7. The molecule has 0 saturated carbocycles. The molecule has 0 amide bonds. The van der Waals surface area contributed by atoms with Gasteiger partial charge >= 0.3 is 0 Å². The minimum Gasteiger partial charge on any atom is -0.312 e. The van der Waals surface area contributed by atoms with E-state index in [9.17, 15) is 25.0 Å². The van der Waals surface area contributed by atoms with E-state index in [2.05, 4.69) is 9.68 Å². The highest BCUT2D eigenvalue weighted by Gasteiger charge is 2.15. The predicted molar refractivity (Wildman–Crippen MR) is 49.3 cm³/mol. The number of nitrogens with zero attached hydrogens (tertiary/aromatic N) is 2. The Kier molecular flexibility index (Phi) is 7.37. The summed E-state index contributed by atoms with van der Waals surface area (Å²) in [5, 5.41) is 17.9. The van der Waals surface area contributed by atoms with Crippen LogP contribution in [0.5, 0.6) is 0 Å². The summed E-state index contributed by atoms with van der Waals surface area (Å²) in [5.41, 5.74) is 0. The number of hydrogen-bond donors (Lipinski definition) is 0. The first-order valence-electron chi connectivity index (χ1n) is 4.58. The summed E-state index contributed by atoms with van der Waals surface area (Å²) >= 11 is 0. The molecule has 0 bridgehead atoms. The van der Waals surface area contributed by atoms with Crippen molar-refractivity contribution in [2.45, 2.75) is 31.8 Å². The third-order valence-corrected chi connectivity index (χ3v) is 1.70. The van der Waals surface area contributed by atoms with E-state index >= 15 is 0 Å². The van der Waals surface area contributed by atoms with E-state index < -0.39 is 22.9 Å². The predicted octanol–water partition coefficient (Wildman–Crippen LogP) is 0.531. The van der Waals surface area contributed by atoms with Crippen LogP contribution in [0.25, 0.3) is 0 Å². The van der Waals surface area contributed by atoms with Gasteiger partial charge in [0, 0.05) is 6.42 Å². The molecule has 0 spiro atoms. The lowest BCUT2D eigenvalue weighted by atomic mass is 10.1. The molecule has 1 unspecified atom stereocenters. The summed E-state index contributed by atoms with van der Waals surface area (Å²) < 4.78 is 0. The maximum absolute atomic E-state index is 10.0. The van der Waals surface area contributed by atoms with Crippen molar-refractivity contribution in [1.82, 2.24) is 0 Å². The molecule has 92 valence electrons. The summed E-state index contributed by atoms with van der Waals surface area (Å²) in [6, 6.07) is 0. The lowest BCUT2D eigenvalue weighted by Gasteiger charge is -2.12. The van der Waals surface area contributed by atoms with E-state index in [1.54, 1.807) is 0 Å². The molecule has 0 aromatic rings. The van der Waals surface area contributed by atoms with E-state index in [0.717, 1.165) is 6.29 Å². The van der Waals surface area contributed by atoms with Crippen molar-refractivity contribution in [2.75, 3.05) is 6.61 Å². The second-order valence-electron chi connectivity index (χ2n) is 2.92. The normalized spacial score (nSPS) is 11.5. The second-order valence-corrected chi connectivity index (χ2v) is 2.92. The summed E-state index contributed by atoms with van der Waals surface area (Å²) in [7, 11) is 0. The second kappa shape index (κ2) is 8.38. The molecule has 0 aromatic carbocycles. The monoisotopic (exact) mass is 236 g/mol. The van der Waals surface area contributed by atoms with Crippen molar-refractivity contribution < 1.29 is 24.6 Å². The minimum atomic E-state index is -1.04. The van der Waals surface area contributed by atoms with Crippen molar-refractivity contribution in [1.29, 1.82) is 0 Å². The van der Waals surface area contributed by atoms with Crippen LogP contribution in [0.3, 0.4) is 0 Å². The van der Waals surface area contributed by atoms with E-state index in [0.29, 0.717) is 19.3 Å². The molecule has 0 aliphatic heterocycles. The van der Waals surface area contributed by atoms with Crippen molar-refractivity contribution in [3.05, 3.63) is 20.2 Å². The average Bonchev–Trinajstić information content (AvgIpc) is 2.19. The van der Waals surface area contributed by atoms with Crippen molar-refractivity contribution in [2.24, 2.45) is 0 Å². The maximum Gasteiger partial charge on any atom is 0.294 e. The molecule has 0 N–H and O–H groups in total. The van der Waals surface area contributed by atoms with Crippen molar-refractivity contribution in [3.63, 3.8) is 0 Å². The minimum absolute atomic E-state index is 0.225. The highest BCUT2D eigenvalue weighted by atomic mass is 17.0.